The van der Waals surface area contributed by atoms with Crippen LogP contribution in [0.15, 0.2) is 78.9 Å². The lowest BCUT2D eigenvalue weighted by atomic mass is 9.98. The molecule has 0 spiro atoms. The number of fused-ring (bicyclic) bond motifs is 3. The zero-order valence-electron chi connectivity index (χ0n) is 18.0. The van der Waals surface area contributed by atoms with Gasteiger partial charge in [0.05, 0.1) is 0 Å². The van der Waals surface area contributed by atoms with Gasteiger partial charge in [0.1, 0.15) is 6.61 Å². The predicted molar refractivity (Wildman–Crippen MR) is 127 cm³/mol. The number of hydrogen-bond acceptors (Lipinski definition) is 3. The van der Waals surface area contributed by atoms with E-state index in [9.17, 15) is 9.59 Å². The summed E-state index contributed by atoms with van der Waals surface area (Å²) >= 11 is 0. The molecule has 0 saturated heterocycles. The summed E-state index contributed by atoms with van der Waals surface area (Å²) in [5.74, 6) is -0.0395. The first-order chi connectivity index (χ1) is 15.6. The number of carbonyl (C=O) groups is 2. The summed E-state index contributed by atoms with van der Waals surface area (Å²) in [6.45, 7) is 2.28. The second-order valence-electron chi connectivity index (χ2n) is 7.75. The number of benzene rings is 3. The van der Waals surface area contributed by atoms with Crippen molar-refractivity contribution in [1.29, 1.82) is 0 Å². The zero-order chi connectivity index (χ0) is 22.3. The van der Waals surface area contributed by atoms with Crippen LogP contribution in [0, 0.1) is 0 Å². The minimum absolute atomic E-state index is 0.0592. The highest BCUT2D eigenvalue weighted by Crippen LogP contribution is 2.44. The first-order valence-electron chi connectivity index (χ1n) is 10.7. The first-order valence-corrected chi connectivity index (χ1v) is 10.7. The Morgan fingerprint density at radius 3 is 2.31 bits per heavy atom. The largest absolute Gasteiger partial charge is 0.449 e. The Kier molecular flexibility index (Phi) is 6.66. The Labute approximate surface area is 188 Å². The Bertz CT molecular complexity index is 1110. The summed E-state index contributed by atoms with van der Waals surface area (Å²) in [4.78, 5) is 23.4. The van der Waals surface area contributed by atoms with Crippen molar-refractivity contribution in [3.63, 3.8) is 0 Å². The molecule has 3 aromatic rings. The SMILES string of the molecule is CC(=O)Nc1cccc(C=CCCNC(=O)OCC2c3ccccc3-c3ccccc32)c1. The van der Waals surface area contributed by atoms with E-state index in [1.807, 2.05) is 60.7 Å². The fraction of sp³-hybridized carbons (Fsp3) is 0.185. The Morgan fingerprint density at radius 1 is 0.938 bits per heavy atom. The molecule has 0 radical (unpaired) electrons. The normalized spacial score (nSPS) is 12.3. The quantitative estimate of drug-likeness (QED) is 0.484. The van der Waals surface area contributed by atoms with Gasteiger partial charge in [-0.05, 0) is 46.4 Å². The number of amides is 2. The molecule has 5 nitrogen and oxygen atoms in total. The van der Waals surface area contributed by atoms with Crippen LogP contribution in [0.1, 0.15) is 36.0 Å². The number of hydrogen-bond donors (Lipinski definition) is 2. The smallest absolute Gasteiger partial charge is 0.407 e. The Balaban J connectivity index is 1.25. The first kappa shape index (κ1) is 21.4. The van der Waals surface area contributed by atoms with Crippen LogP contribution in [-0.4, -0.2) is 25.2 Å². The molecule has 32 heavy (non-hydrogen) atoms. The molecule has 5 heteroatoms. The third kappa shape index (κ3) is 5.06. The monoisotopic (exact) mass is 426 g/mol. The third-order valence-corrected chi connectivity index (χ3v) is 5.44. The van der Waals surface area contributed by atoms with E-state index < -0.39 is 6.09 Å². The van der Waals surface area contributed by atoms with Crippen molar-refractivity contribution in [2.75, 3.05) is 18.5 Å². The molecule has 0 unspecified atom stereocenters. The van der Waals surface area contributed by atoms with Crippen LogP contribution in [0.25, 0.3) is 17.2 Å². The molecule has 0 aromatic heterocycles. The molecule has 2 N–H and O–H groups in total. The van der Waals surface area contributed by atoms with E-state index in [4.69, 9.17) is 4.74 Å². The topological polar surface area (TPSA) is 67.4 Å². The number of ether oxygens (including phenoxy) is 1. The third-order valence-electron chi connectivity index (χ3n) is 5.44. The second kappa shape index (κ2) is 9.96. The van der Waals surface area contributed by atoms with E-state index >= 15 is 0 Å². The molecule has 0 fully saturated rings. The van der Waals surface area contributed by atoms with Crippen LogP contribution in [0.3, 0.4) is 0 Å². The van der Waals surface area contributed by atoms with Gasteiger partial charge < -0.3 is 15.4 Å². The minimum Gasteiger partial charge on any atom is -0.449 e. The molecule has 2 amide bonds. The molecular weight excluding hydrogens is 400 g/mol. The molecule has 4 rings (SSSR count). The van der Waals surface area contributed by atoms with E-state index in [-0.39, 0.29) is 11.8 Å². The van der Waals surface area contributed by atoms with Crippen molar-refractivity contribution in [2.45, 2.75) is 19.3 Å². The average molecular weight is 427 g/mol. The van der Waals surface area contributed by atoms with E-state index in [0.717, 1.165) is 11.3 Å². The van der Waals surface area contributed by atoms with Gasteiger partial charge in [-0.1, -0.05) is 72.8 Å². The number of carbonyl (C=O) groups excluding carboxylic acids is 2. The maximum Gasteiger partial charge on any atom is 0.407 e. The molecule has 3 aromatic carbocycles. The van der Waals surface area contributed by atoms with Crippen LogP contribution in [0.5, 0.6) is 0 Å². The van der Waals surface area contributed by atoms with E-state index in [1.54, 1.807) is 0 Å². The van der Waals surface area contributed by atoms with Gasteiger partial charge >= 0.3 is 6.09 Å². The number of anilines is 1. The Morgan fingerprint density at radius 2 is 1.62 bits per heavy atom. The molecule has 0 heterocycles. The summed E-state index contributed by atoms with van der Waals surface area (Å²) in [5, 5.41) is 5.57. The highest BCUT2D eigenvalue weighted by atomic mass is 16.5. The molecule has 1 aliphatic carbocycles. The number of nitrogens with one attached hydrogen (secondary N) is 2. The summed E-state index contributed by atoms with van der Waals surface area (Å²) in [7, 11) is 0. The van der Waals surface area contributed by atoms with Crippen LogP contribution in [-0.2, 0) is 9.53 Å². The molecule has 0 atom stereocenters. The summed E-state index contributed by atoms with van der Waals surface area (Å²) < 4.78 is 5.54. The van der Waals surface area contributed by atoms with Gasteiger partial charge in [0, 0.05) is 25.1 Å². The van der Waals surface area contributed by atoms with Crippen molar-refractivity contribution in [2.24, 2.45) is 0 Å². The number of rotatable bonds is 7. The molecule has 0 bridgehead atoms. The average Bonchev–Trinajstić information content (AvgIpc) is 3.11. The molecule has 1 aliphatic rings. The fourth-order valence-corrected chi connectivity index (χ4v) is 4.05. The maximum absolute atomic E-state index is 12.2. The maximum atomic E-state index is 12.2. The van der Waals surface area contributed by atoms with Crippen molar-refractivity contribution < 1.29 is 14.3 Å². The van der Waals surface area contributed by atoms with Crippen LogP contribution in [0.4, 0.5) is 10.5 Å². The minimum atomic E-state index is -0.409. The van der Waals surface area contributed by atoms with Crippen molar-refractivity contribution in [3.8, 4) is 11.1 Å². The van der Waals surface area contributed by atoms with Crippen molar-refractivity contribution >= 4 is 23.8 Å². The summed E-state index contributed by atoms with van der Waals surface area (Å²) in [6.07, 6.45) is 4.21. The number of alkyl carbamates (subject to hydrolysis) is 1. The van der Waals surface area contributed by atoms with Gasteiger partial charge in [-0.15, -0.1) is 0 Å². The van der Waals surface area contributed by atoms with Crippen LogP contribution in [0.2, 0.25) is 0 Å². The van der Waals surface area contributed by atoms with Crippen LogP contribution >= 0.6 is 0 Å². The standard InChI is InChI=1S/C27H26N2O3/c1-19(30)29-21-11-8-10-20(17-21)9-6-7-16-28-27(31)32-18-26-24-14-4-2-12-22(24)23-13-3-5-15-25(23)26/h2-6,8-15,17,26H,7,16,18H2,1H3,(H,28,31)(H,29,30). The molecular formula is C27H26N2O3. The van der Waals surface area contributed by atoms with Crippen molar-refractivity contribution in [1.82, 2.24) is 5.32 Å². The van der Waals surface area contributed by atoms with E-state index in [1.165, 1.54) is 29.2 Å². The van der Waals surface area contributed by atoms with Gasteiger partial charge in [-0.3, -0.25) is 4.79 Å². The summed E-state index contributed by atoms with van der Waals surface area (Å²) in [5.41, 5.74) is 6.57. The van der Waals surface area contributed by atoms with E-state index in [0.29, 0.717) is 19.6 Å². The van der Waals surface area contributed by atoms with Gasteiger partial charge in [-0.25, -0.2) is 4.79 Å². The zero-order valence-corrected chi connectivity index (χ0v) is 18.0. The summed E-state index contributed by atoms with van der Waals surface area (Å²) in [6, 6.07) is 24.2. The molecule has 162 valence electrons. The van der Waals surface area contributed by atoms with E-state index in [2.05, 4.69) is 34.9 Å². The highest BCUT2D eigenvalue weighted by Gasteiger charge is 2.28. The predicted octanol–water partition coefficient (Wildman–Crippen LogP) is 5.59. The van der Waals surface area contributed by atoms with Gasteiger partial charge in [0.15, 0.2) is 0 Å². The molecule has 0 aliphatic heterocycles. The van der Waals surface area contributed by atoms with Crippen molar-refractivity contribution in [3.05, 3.63) is 95.6 Å². The van der Waals surface area contributed by atoms with Gasteiger partial charge in [0.25, 0.3) is 0 Å². The Hall–Kier alpha value is -3.86. The van der Waals surface area contributed by atoms with Gasteiger partial charge in [-0.2, -0.15) is 0 Å². The second-order valence-corrected chi connectivity index (χ2v) is 7.75. The van der Waals surface area contributed by atoms with Crippen LogP contribution < -0.4 is 10.6 Å². The fourth-order valence-electron chi connectivity index (χ4n) is 4.05. The lowest BCUT2D eigenvalue weighted by Gasteiger charge is -2.14. The van der Waals surface area contributed by atoms with Gasteiger partial charge in [0.2, 0.25) is 5.91 Å². The molecule has 0 saturated carbocycles. The lowest BCUT2D eigenvalue weighted by molar-refractivity contribution is -0.114. The lowest BCUT2D eigenvalue weighted by Crippen LogP contribution is -2.26. The highest BCUT2D eigenvalue weighted by molar-refractivity contribution is 5.89.